The van der Waals surface area contributed by atoms with Gasteiger partial charge in [-0.15, -0.1) is 0 Å². The number of carbonyl (C=O) groups is 3. The normalized spacial score (nSPS) is 11.7. The predicted molar refractivity (Wildman–Crippen MR) is 109 cm³/mol. The van der Waals surface area contributed by atoms with E-state index in [0.717, 1.165) is 16.7 Å². The van der Waals surface area contributed by atoms with Crippen molar-refractivity contribution in [3.63, 3.8) is 0 Å². The summed E-state index contributed by atoms with van der Waals surface area (Å²) in [6.45, 7) is 4.17. The number of hydrogen-bond acceptors (Lipinski definition) is 5. The highest BCUT2D eigenvalue weighted by Gasteiger charge is 2.24. The highest BCUT2D eigenvalue weighted by atomic mass is 16.5. The molecule has 0 saturated carbocycles. The molecule has 0 unspecified atom stereocenters. The van der Waals surface area contributed by atoms with Gasteiger partial charge in [0.25, 0.3) is 5.91 Å². The molecule has 3 amide bonds. The average Bonchev–Trinajstić information content (AvgIpc) is 3.25. The third kappa shape index (κ3) is 6.93. The van der Waals surface area contributed by atoms with E-state index in [1.54, 1.807) is 18.0 Å². The fraction of sp³-hybridized carbons (Fsp3) is 0.381. The average molecular weight is 417 g/mol. The molecule has 0 saturated heterocycles. The number of urea groups is 1. The van der Waals surface area contributed by atoms with E-state index in [0.29, 0.717) is 6.54 Å². The van der Waals surface area contributed by atoms with Crippen LogP contribution >= 0.6 is 0 Å². The molecular formula is C21H27N3O6. The first-order chi connectivity index (χ1) is 14.3. The van der Waals surface area contributed by atoms with E-state index in [1.165, 1.54) is 4.90 Å². The van der Waals surface area contributed by atoms with Crippen molar-refractivity contribution in [3.05, 3.63) is 48.4 Å². The van der Waals surface area contributed by atoms with Crippen molar-refractivity contribution in [2.24, 2.45) is 5.92 Å². The first kappa shape index (κ1) is 23.0. The van der Waals surface area contributed by atoms with Crippen LogP contribution in [0.15, 0.2) is 47.3 Å². The van der Waals surface area contributed by atoms with E-state index >= 15 is 0 Å². The molecule has 9 nitrogen and oxygen atoms in total. The lowest BCUT2D eigenvalue weighted by atomic mass is 10.0. The molecule has 1 aromatic carbocycles. The van der Waals surface area contributed by atoms with Crippen LogP contribution in [0.2, 0.25) is 0 Å². The van der Waals surface area contributed by atoms with E-state index in [-0.39, 0.29) is 25.3 Å². The van der Waals surface area contributed by atoms with Gasteiger partial charge >= 0.3 is 12.0 Å². The van der Waals surface area contributed by atoms with Crippen LogP contribution in [0, 0.1) is 5.92 Å². The Bertz CT molecular complexity index is 833. The Kier molecular flexibility index (Phi) is 8.42. The molecule has 0 radical (unpaired) electrons. The number of benzene rings is 1. The number of carboxylic acid groups (broad SMARTS) is 1. The Morgan fingerprint density at radius 2 is 1.80 bits per heavy atom. The molecule has 0 aliphatic rings. The molecule has 0 bridgehead atoms. The summed E-state index contributed by atoms with van der Waals surface area (Å²) in [7, 11) is 0. The zero-order valence-electron chi connectivity index (χ0n) is 17.0. The number of furan rings is 1. The van der Waals surface area contributed by atoms with Gasteiger partial charge in [0.05, 0.1) is 18.9 Å². The van der Waals surface area contributed by atoms with E-state index in [9.17, 15) is 14.4 Å². The van der Waals surface area contributed by atoms with Crippen molar-refractivity contribution < 1.29 is 29.1 Å². The molecule has 0 aliphatic heterocycles. The second-order valence-electron chi connectivity index (χ2n) is 7.37. The van der Waals surface area contributed by atoms with Crippen LogP contribution in [-0.2, 0) is 16.0 Å². The van der Waals surface area contributed by atoms with Crippen LogP contribution in [0.1, 0.15) is 25.8 Å². The number of hydrogen-bond donors (Lipinski definition) is 4. The summed E-state index contributed by atoms with van der Waals surface area (Å²) in [5, 5.41) is 20.6. The molecule has 1 aromatic heterocycles. The zero-order chi connectivity index (χ0) is 22.1. The number of carboxylic acids is 1. The monoisotopic (exact) mass is 417 g/mol. The first-order valence-corrected chi connectivity index (χ1v) is 9.62. The van der Waals surface area contributed by atoms with Crippen molar-refractivity contribution in [3.8, 4) is 11.1 Å². The minimum atomic E-state index is -1.03. The molecular weight excluding hydrogens is 390 g/mol. The van der Waals surface area contributed by atoms with Crippen molar-refractivity contribution >= 4 is 17.9 Å². The van der Waals surface area contributed by atoms with Gasteiger partial charge in [-0.3, -0.25) is 14.8 Å². The lowest BCUT2D eigenvalue weighted by molar-refractivity contribution is -0.137. The Morgan fingerprint density at radius 3 is 2.33 bits per heavy atom. The van der Waals surface area contributed by atoms with Crippen molar-refractivity contribution in [1.82, 2.24) is 15.7 Å². The molecule has 9 heteroatoms. The van der Waals surface area contributed by atoms with Crippen LogP contribution in [-0.4, -0.2) is 52.3 Å². The molecule has 4 N–H and O–H groups in total. The second kappa shape index (κ2) is 11.0. The number of hydroxylamine groups is 1. The fourth-order valence-corrected chi connectivity index (χ4v) is 2.97. The van der Waals surface area contributed by atoms with Crippen LogP contribution in [0.5, 0.6) is 0 Å². The van der Waals surface area contributed by atoms with Crippen molar-refractivity contribution in [1.29, 1.82) is 0 Å². The van der Waals surface area contributed by atoms with Gasteiger partial charge < -0.3 is 19.7 Å². The maximum Gasteiger partial charge on any atom is 0.318 e. The molecule has 2 rings (SSSR count). The summed E-state index contributed by atoms with van der Waals surface area (Å²) < 4.78 is 5.07. The molecule has 0 fully saturated rings. The molecule has 0 spiro atoms. The van der Waals surface area contributed by atoms with E-state index in [2.05, 4.69) is 5.32 Å². The first-order valence-electron chi connectivity index (χ1n) is 9.62. The Morgan fingerprint density at radius 1 is 1.10 bits per heavy atom. The minimum absolute atomic E-state index is 0.0200. The lowest BCUT2D eigenvalue weighted by Crippen LogP contribution is -2.52. The van der Waals surface area contributed by atoms with Crippen LogP contribution in [0.4, 0.5) is 4.79 Å². The third-order valence-corrected chi connectivity index (χ3v) is 4.44. The van der Waals surface area contributed by atoms with Gasteiger partial charge in [-0.1, -0.05) is 38.1 Å². The standard InChI is InChI=1S/C21H27N3O6/c1-14(2)12-24(9-7-19(25)26)21(28)22-18(20(27)23-29)11-15-3-5-16(6-4-15)17-8-10-30-13-17/h3-6,8,10,13-14,18,29H,7,9,11-12H2,1-2H3,(H,22,28)(H,23,27)(H,25,26)/t18-/m0/s1. The predicted octanol–water partition coefficient (Wildman–Crippen LogP) is 2.51. The van der Waals surface area contributed by atoms with Crippen LogP contribution in [0.3, 0.4) is 0 Å². The number of aliphatic carboxylic acids is 1. The maximum atomic E-state index is 12.7. The molecule has 1 heterocycles. The second-order valence-corrected chi connectivity index (χ2v) is 7.37. The number of rotatable bonds is 10. The molecule has 162 valence electrons. The summed E-state index contributed by atoms with van der Waals surface area (Å²) in [6.07, 6.45) is 3.15. The van der Waals surface area contributed by atoms with Gasteiger partial charge in [-0.25, -0.2) is 10.3 Å². The lowest BCUT2D eigenvalue weighted by Gasteiger charge is -2.27. The molecule has 0 aliphatic carbocycles. The highest BCUT2D eigenvalue weighted by Crippen LogP contribution is 2.20. The maximum absolute atomic E-state index is 12.7. The van der Waals surface area contributed by atoms with Gasteiger partial charge in [0.2, 0.25) is 0 Å². The molecule has 30 heavy (non-hydrogen) atoms. The van der Waals surface area contributed by atoms with Crippen molar-refractivity contribution in [2.75, 3.05) is 13.1 Å². The summed E-state index contributed by atoms with van der Waals surface area (Å²) >= 11 is 0. The zero-order valence-corrected chi connectivity index (χ0v) is 17.0. The highest BCUT2D eigenvalue weighted by molar-refractivity contribution is 5.86. The largest absolute Gasteiger partial charge is 0.481 e. The molecule has 2 aromatic rings. The summed E-state index contributed by atoms with van der Waals surface area (Å²) in [5.41, 5.74) is 4.21. The number of nitrogens with one attached hydrogen (secondary N) is 2. The third-order valence-electron chi connectivity index (χ3n) is 4.44. The van der Waals surface area contributed by atoms with Crippen LogP contribution < -0.4 is 10.8 Å². The summed E-state index contributed by atoms with van der Waals surface area (Å²) in [6, 6.07) is 7.62. The van der Waals surface area contributed by atoms with Gasteiger partial charge in [0.15, 0.2) is 0 Å². The Labute approximate surface area is 174 Å². The SMILES string of the molecule is CC(C)CN(CCC(=O)O)C(=O)N[C@@H](Cc1ccc(-c2ccoc2)cc1)C(=O)NO. The Hall–Kier alpha value is -3.33. The van der Waals surface area contributed by atoms with Gasteiger partial charge in [-0.05, 0) is 23.1 Å². The number of carbonyl (C=O) groups excluding carboxylic acids is 2. The molecule has 1 atom stereocenters. The van der Waals surface area contributed by atoms with E-state index in [4.69, 9.17) is 14.7 Å². The Balaban J connectivity index is 2.09. The van der Waals surface area contributed by atoms with Gasteiger partial charge in [0.1, 0.15) is 6.04 Å². The van der Waals surface area contributed by atoms with E-state index < -0.39 is 23.9 Å². The number of amides is 3. The summed E-state index contributed by atoms with van der Waals surface area (Å²) in [5.74, 6) is -1.66. The van der Waals surface area contributed by atoms with Gasteiger partial charge in [0, 0.05) is 25.1 Å². The quantitative estimate of drug-likeness (QED) is 0.347. The topological polar surface area (TPSA) is 132 Å². The summed E-state index contributed by atoms with van der Waals surface area (Å²) in [4.78, 5) is 37.0. The van der Waals surface area contributed by atoms with Gasteiger partial charge in [-0.2, -0.15) is 0 Å². The van der Waals surface area contributed by atoms with Crippen molar-refractivity contribution in [2.45, 2.75) is 32.7 Å². The minimum Gasteiger partial charge on any atom is -0.481 e. The van der Waals surface area contributed by atoms with Crippen LogP contribution in [0.25, 0.3) is 11.1 Å². The smallest absolute Gasteiger partial charge is 0.318 e. The number of nitrogens with zero attached hydrogens (tertiary/aromatic N) is 1. The van der Waals surface area contributed by atoms with E-state index in [1.807, 2.05) is 44.2 Å². The fourth-order valence-electron chi connectivity index (χ4n) is 2.97.